The monoisotopic (exact) mass is 369 g/mol. The first kappa shape index (κ1) is 17.7. The van der Waals surface area contributed by atoms with Crippen LogP contribution in [0, 0.1) is 17.6 Å². The summed E-state index contributed by atoms with van der Waals surface area (Å²) in [4.78, 5) is 2.31. The second kappa shape index (κ2) is 7.51. The summed E-state index contributed by atoms with van der Waals surface area (Å²) < 4.78 is 38.2. The molecule has 1 aromatic carbocycles. The van der Waals surface area contributed by atoms with Gasteiger partial charge >= 0.3 is 0 Å². The molecule has 25 heavy (non-hydrogen) atoms. The highest BCUT2D eigenvalue weighted by Gasteiger charge is 2.49. The molecule has 0 aliphatic carbocycles. The second-order valence-electron chi connectivity index (χ2n) is 7.60. The van der Waals surface area contributed by atoms with Gasteiger partial charge in [0.25, 0.3) is 0 Å². The van der Waals surface area contributed by atoms with Crippen LogP contribution < -0.4 is 0 Å². The number of rotatable bonds is 5. The molecule has 3 fully saturated rings. The fourth-order valence-corrected chi connectivity index (χ4v) is 5.70. The molecular weight excluding hydrogens is 344 g/mol. The van der Waals surface area contributed by atoms with E-state index in [-0.39, 0.29) is 0 Å². The molecule has 0 aromatic heterocycles. The molecule has 1 aromatic rings. The van der Waals surface area contributed by atoms with Gasteiger partial charge in [-0.05, 0) is 42.9 Å². The van der Waals surface area contributed by atoms with Gasteiger partial charge in [-0.1, -0.05) is 6.07 Å². The molecule has 0 radical (unpaired) electrons. The number of thioether (sulfide) groups is 1. The first-order chi connectivity index (χ1) is 12.1. The fourth-order valence-electron chi connectivity index (χ4n) is 4.09. The van der Waals surface area contributed by atoms with Crippen molar-refractivity contribution in [3.05, 3.63) is 35.4 Å². The van der Waals surface area contributed by atoms with Gasteiger partial charge in [-0.3, -0.25) is 4.90 Å². The van der Waals surface area contributed by atoms with Crippen LogP contribution in [0.4, 0.5) is 8.78 Å². The highest BCUT2D eigenvalue weighted by atomic mass is 32.2. The number of likely N-dealkylation sites (tertiary alicyclic amines) is 1. The largest absolute Gasteiger partial charge is 0.381 e. The van der Waals surface area contributed by atoms with E-state index in [1.807, 2.05) is 11.8 Å². The Bertz CT molecular complexity index is 603. The number of ether oxygens (including phenoxy) is 2. The molecule has 0 unspecified atom stereocenters. The average molecular weight is 369 g/mol. The van der Waals surface area contributed by atoms with Crippen molar-refractivity contribution in [2.75, 3.05) is 38.7 Å². The third-order valence-corrected chi connectivity index (χ3v) is 7.07. The van der Waals surface area contributed by atoms with Crippen LogP contribution >= 0.6 is 11.8 Å². The quantitative estimate of drug-likeness (QED) is 0.792. The zero-order valence-corrected chi connectivity index (χ0v) is 15.2. The molecule has 4 rings (SSSR count). The van der Waals surface area contributed by atoms with Gasteiger partial charge in [-0.15, -0.1) is 11.8 Å². The highest BCUT2D eigenvalue weighted by molar-refractivity contribution is 8.01. The lowest BCUT2D eigenvalue weighted by atomic mass is 9.92. The van der Waals surface area contributed by atoms with Crippen LogP contribution in [0.3, 0.4) is 0 Å². The average Bonchev–Trinajstić information content (AvgIpc) is 3.01. The summed E-state index contributed by atoms with van der Waals surface area (Å²) in [6.45, 7) is 5.31. The van der Waals surface area contributed by atoms with Gasteiger partial charge in [0, 0.05) is 50.0 Å². The van der Waals surface area contributed by atoms with E-state index in [2.05, 4.69) is 4.90 Å². The van der Waals surface area contributed by atoms with Gasteiger partial charge in [-0.2, -0.15) is 0 Å². The maximum Gasteiger partial charge on any atom is 0.159 e. The normalized spacial score (nSPS) is 26.9. The molecule has 6 heteroatoms. The summed E-state index contributed by atoms with van der Waals surface area (Å²) in [6, 6.07) is 4.19. The number of halogens is 2. The molecule has 3 saturated heterocycles. The van der Waals surface area contributed by atoms with Crippen LogP contribution in [0.2, 0.25) is 0 Å². The van der Waals surface area contributed by atoms with Gasteiger partial charge in [0.15, 0.2) is 11.6 Å². The summed E-state index contributed by atoms with van der Waals surface area (Å²) in [6.07, 6.45) is 3.70. The van der Waals surface area contributed by atoms with Crippen molar-refractivity contribution in [3.8, 4) is 0 Å². The number of hydrogen-bond donors (Lipinski definition) is 0. The molecule has 0 saturated carbocycles. The first-order valence-corrected chi connectivity index (χ1v) is 10.1. The van der Waals surface area contributed by atoms with Crippen LogP contribution in [-0.4, -0.2) is 54.4 Å². The molecular formula is C19H25F2NO2S. The van der Waals surface area contributed by atoms with Crippen molar-refractivity contribution in [2.45, 2.75) is 36.7 Å². The van der Waals surface area contributed by atoms with Crippen LogP contribution in [0.1, 0.15) is 24.8 Å². The molecule has 1 spiro atoms. The summed E-state index contributed by atoms with van der Waals surface area (Å²) in [7, 11) is 0. The molecule has 138 valence electrons. The third-order valence-electron chi connectivity index (χ3n) is 5.50. The molecule has 0 N–H and O–H groups in total. The summed E-state index contributed by atoms with van der Waals surface area (Å²) in [5.41, 5.74) is 0.837. The van der Waals surface area contributed by atoms with Crippen molar-refractivity contribution in [1.82, 2.24) is 4.90 Å². The number of benzene rings is 1. The minimum atomic E-state index is -0.778. The first-order valence-electron chi connectivity index (χ1n) is 9.11. The Morgan fingerprint density at radius 3 is 2.76 bits per heavy atom. The zero-order valence-electron chi connectivity index (χ0n) is 14.4. The van der Waals surface area contributed by atoms with E-state index < -0.39 is 11.6 Å². The Kier molecular flexibility index (Phi) is 5.32. The van der Waals surface area contributed by atoms with Gasteiger partial charge in [0.2, 0.25) is 0 Å². The van der Waals surface area contributed by atoms with Gasteiger partial charge < -0.3 is 9.47 Å². The summed E-state index contributed by atoms with van der Waals surface area (Å²) >= 11 is 2.02. The van der Waals surface area contributed by atoms with Crippen molar-refractivity contribution in [3.63, 3.8) is 0 Å². The predicted octanol–water partition coefficient (Wildman–Crippen LogP) is 3.47. The molecule has 3 nitrogen and oxygen atoms in total. The van der Waals surface area contributed by atoms with E-state index in [1.54, 1.807) is 6.07 Å². The maximum atomic E-state index is 13.3. The van der Waals surface area contributed by atoms with Crippen LogP contribution in [-0.2, 0) is 16.0 Å². The summed E-state index contributed by atoms with van der Waals surface area (Å²) in [5, 5.41) is 0. The van der Waals surface area contributed by atoms with Crippen LogP contribution in [0.5, 0.6) is 0 Å². The van der Waals surface area contributed by atoms with Gasteiger partial charge in [0.1, 0.15) is 0 Å². The second-order valence-corrected chi connectivity index (χ2v) is 9.09. The van der Waals surface area contributed by atoms with Gasteiger partial charge in [-0.25, -0.2) is 8.78 Å². The lowest BCUT2D eigenvalue weighted by molar-refractivity contribution is -0.0133. The Labute approximate surface area is 152 Å². The third kappa shape index (κ3) is 4.18. The Balaban J connectivity index is 1.21. The van der Waals surface area contributed by atoms with E-state index in [0.717, 1.165) is 63.5 Å². The maximum absolute atomic E-state index is 13.3. The van der Waals surface area contributed by atoms with E-state index in [1.165, 1.54) is 12.1 Å². The summed E-state index contributed by atoms with van der Waals surface area (Å²) in [5.74, 6) is 0.188. The van der Waals surface area contributed by atoms with Crippen molar-refractivity contribution in [2.24, 2.45) is 5.92 Å². The fraction of sp³-hybridized carbons (Fsp3) is 0.684. The minimum absolute atomic E-state index is 0.304. The topological polar surface area (TPSA) is 21.7 Å². The van der Waals surface area contributed by atoms with E-state index in [9.17, 15) is 8.78 Å². The number of hydrogen-bond acceptors (Lipinski definition) is 4. The molecule has 0 bridgehead atoms. The molecule has 3 aliphatic heterocycles. The standard InChI is InChI=1S/C19H25F2NO2S/c20-17-2-1-15(7-18(17)21)9-22-12-19(13-22)8-16(11-25-19)24-10-14-3-5-23-6-4-14/h1-2,7,14,16H,3-6,8-13H2/t16-/m0/s1. The number of nitrogens with zero attached hydrogens (tertiary/aromatic N) is 1. The Hall–Kier alpha value is -0.690. The lowest BCUT2D eigenvalue weighted by Crippen LogP contribution is -2.58. The smallest absolute Gasteiger partial charge is 0.159 e. The lowest BCUT2D eigenvalue weighted by Gasteiger charge is -2.47. The molecule has 3 heterocycles. The minimum Gasteiger partial charge on any atom is -0.381 e. The van der Waals surface area contributed by atoms with E-state index in [0.29, 0.717) is 23.3 Å². The van der Waals surface area contributed by atoms with Crippen LogP contribution in [0.15, 0.2) is 18.2 Å². The predicted molar refractivity (Wildman–Crippen MR) is 94.7 cm³/mol. The Morgan fingerprint density at radius 2 is 2.00 bits per heavy atom. The van der Waals surface area contributed by atoms with Crippen LogP contribution in [0.25, 0.3) is 0 Å². The molecule has 3 aliphatic rings. The zero-order chi connectivity index (χ0) is 17.3. The Morgan fingerprint density at radius 1 is 1.20 bits per heavy atom. The molecule has 1 atom stereocenters. The van der Waals surface area contributed by atoms with E-state index >= 15 is 0 Å². The van der Waals surface area contributed by atoms with Gasteiger partial charge in [0.05, 0.1) is 6.10 Å². The highest BCUT2D eigenvalue weighted by Crippen LogP contribution is 2.46. The molecule has 0 amide bonds. The van der Waals surface area contributed by atoms with E-state index in [4.69, 9.17) is 9.47 Å². The van der Waals surface area contributed by atoms with Crippen molar-refractivity contribution < 1.29 is 18.3 Å². The van der Waals surface area contributed by atoms with Crippen molar-refractivity contribution >= 4 is 11.8 Å². The van der Waals surface area contributed by atoms with Crippen molar-refractivity contribution in [1.29, 1.82) is 0 Å². The SMILES string of the molecule is Fc1ccc(CN2CC3(C[C@H](OCC4CCOCC4)CS3)C2)cc1F.